The smallest absolute Gasteiger partial charge is 0.251 e. The summed E-state index contributed by atoms with van der Waals surface area (Å²) in [6.45, 7) is 5.05. The molecule has 3 nitrogen and oxygen atoms in total. The van der Waals surface area contributed by atoms with Crippen molar-refractivity contribution >= 4 is 17.2 Å². The van der Waals surface area contributed by atoms with Crippen LogP contribution in [-0.4, -0.2) is 25.5 Å². The summed E-state index contributed by atoms with van der Waals surface area (Å²) in [6, 6.07) is 12.3. The first-order valence-electron chi connectivity index (χ1n) is 8.34. The second kappa shape index (κ2) is 7.75. The maximum Gasteiger partial charge on any atom is 0.251 e. The monoisotopic (exact) mass is 328 g/mol. The van der Waals surface area contributed by atoms with Crippen molar-refractivity contribution in [1.29, 1.82) is 0 Å². The molecule has 0 spiro atoms. The van der Waals surface area contributed by atoms with Crippen LogP contribution in [0.15, 0.2) is 36.4 Å². The highest BCUT2D eigenvalue weighted by atomic mass is 32.1. The molecule has 122 valence electrons. The molecule has 1 aromatic carbocycles. The summed E-state index contributed by atoms with van der Waals surface area (Å²) in [4.78, 5) is 14.8. The van der Waals surface area contributed by atoms with E-state index < -0.39 is 0 Å². The molecule has 4 heteroatoms. The van der Waals surface area contributed by atoms with Gasteiger partial charge in [-0.2, -0.15) is 0 Å². The summed E-state index contributed by atoms with van der Waals surface area (Å²) in [5, 5.41) is 6.40. The third-order valence-electron chi connectivity index (χ3n) is 4.36. The lowest BCUT2D eigenvalue weighted by atomic mass is 9.98. The first-order chi connectivity index (χ1) is 11.2. The van der Waals surface area contributed by atoms with E-state index in [-0.39, 0.29) is 5.91 Å². The Labute approximate surface area is 142 Å². The Hall–Kier alpha value is -1.65. The number of thiophene rings is 1. The van der Waals surface area contributed by atoms with Gasteiger partial charge >= 0.3 is 0 Å². The van der Waals surface area contributed by atoms with Gasteiger partial charge in [0.15, 0.2) is 0 Å². The van der Waals surface area contributed by atoms with Crippen molar-refractivity contribution in [3.63, 3.8) is 0 Å². The molecule has 2 aromatic rings. The maximum absolute atomic E-state index is 12.2. The number of benzene rings is 1. The number of hydrogen-bond acceptors (Lipinski definition) is 3. The first kappa shape index (κ1) is 16.2. The molecule has 1 aliphatic heterocycles. The summed E-state index contributed by atoms with van der Waals surface area (Å²) in [5.41, 5.74) is 2.07. The maximum atomic E-state index is 12.2. The molecule has 2 heterocycles. The van der Waals surface area contributed by atoms with Crippen molar-refractivity contribution in [1.82, 2.24) is 10.6 Å². The molecule has 0 aliphatic carbocycles. The van der Waals surface area contributed by atoms with Crippen molar-refractivity contribution in [3.05, 3.63) is 57.3 Å². The number of carbonyl (C=O) groups excluding carboxylic acids is 1. The van der Waals surface area contributed by atoms with Crippen LogP contribution in [-0.2, 0) is 12.8 Å². The molecule has 1 aromatic heterocycles. The van der Waals surface area contributed by atoms with Crippen LogP contribution in [0.25, 0.3) is 0 Å². The Kier molecular flexibility index (Phi) is 5.47. The zero-order valence-corrected chi connectivity index (χ0v) is 14.4. The normalized spacial score (nSPS) is 17.3. The Bertz CT molecular complexity index is 642. The predicted molar refractivity (Wildman–Crippen MR) is 96.2 cm³/mol. The van der Waals surface area contributed by atoms with Gasteiger partial charge in [0.25, 0.3) is 5.91 Å². The predicted octanol–water partition coefficient (Wildman–Crippen LogP) is 3.18. The van der Waals surface area contributed by atoms with Crippen LogP contribution in [0.3, 0.4) is 0 Å². The van der Waals surface area contributed by atoms with Crippen molar-refractivity contribution in [3.8, 4) is 0 Å². The van der Waals surface area contributed by atoms with E-state index in [1.54, 1.807) is 11.3 Å². The summed E-state index contributed by atoms with van der Waals surface area (Å²) >= 11 is 1.80. The van der Waals surface area contributed by atoms with E-state index in [4.69, 9.17) is 0 Å². The van der Waals surface area contributed by atoms with E-state index in [0.717, 1.165) is 37.4 Å². The molecular weight excluding hydrogens is 304 g/mol. The standard InChI is InChI=1S/C19H24N2OS/c1-14-2-7-18(23-14)9-11-21-19(22)17-5-3-15(4-6-17)12-16-8-10-20-13-16/h2-7,16,20H,8-13H2,1H3,(H,21,22). The number of carbonyl (C=O) groups is 1. The summed E-state index contributed by atoms with van der Waals surface area (Å²) < 4.78 is 0. The van der Waals surface area contributed by atoms with Crippen LogP contribution in [0.4, 0.5) is 0 Å². The van der Waals surface area contributed by atoms with Gasteiger partial charge in [0.2, 0.25) is 0 Å². The number of rotatable bonds is 6. The largest absolute Gasteiger partial charge is 0.352 e. The highest BCUT2D eigenvalue weighted by Crippen LogP contribution is 2.16. The Morgan fingerprint density at radius 3 is 2.74 bits per heavy atom. The average molecular weight is 328 g/mol. The van der Waals surface area contributed by atoms with Crippen molar-refractivity contribution < 1.29 is 4.79 Å². The van der Waals surface area contributed by atoms with Gasteiger partial charge in [-0.1, -0.05) is 12.1 Å². The highest BCUT2D eigenvalue weighted by molar-refractivity contribution is 7.11. The van der Waals surface area contributed by atoms with Crippen LogP contribution in [0, 0.1) is 12.8 Å². The van der Waals surface area contributed by atoms with Crippen LogP contribution in [0.2, 0.25) is 0 Å². The fraction of sp³-hybridized carbons (Fsp3) is 0.421. The molecule has 0 saturated carbocycles. The van der Waals surface area contributed by atoms with E-state index >= 15 is 0 Å². The molecule has 3 rings (SSSR count). The summed E-state index contributed by atoms with van der Waals surface area (Å²) in [6.07, 6.45) is 3.26. The van der Waals surface area contributed by atoms with Gasteiger partial charge in [0.1, 0.15) is 0 Å². The third-order valence-corrected chi connectivity index (χ3v) is 5.42. The molecule has 1 atom stereocenters. The fourth-order valence-corrected chi connectivity index (χ4v) is 3.92. The minimum Gasteiger partial charge on any atom is -0.352 e. The van der Waals surface area contributed by atoms with Crippen LogP contribution in [0.5, 0.6) is 0 Å². The van der Waals surface area contributed by atoms with Crippen LogP contribution >= 0.6 is 11.3 Å². The Balaban J connectivity index is 1.47. The SMILES string of the molecule is Cc1ccc(CCNC(=O)c2ccc(CC3CCNC3)cc2)s1. The average Bonchev–Trinajstić information content (AvgIpc) is 3.20. The van der Waals surface area contributed by atoms with Crippen LogP contribution < -0.4 is 10.6 Å². The van der Waals surface area contributed by atoms with Gasteiger partial charge in [-0.15, -0.1) is 11.3 Å². The molecule has 1 aliphatic rings. The van der Waals surface area contributed by atoms with Gasteiger partial charge in [-0.05, 0) is 75.0 Å². The first-order valence-corrected chi connectivity index (χ1v) is 9.15. The van der Waals surface area contributed by atoms with Crippen LogP contribution in [0.1, 0.15) is 32.1 Å². The Morgan fingerprint density at radius 2 is 2.09 bits per heavy atom. The number of hydrogen-bond donors (Lipinski definition) is 2. The topological polar surface area (TPSA) is 41.1 Å². The minimum atomic E-state index is 0.0207. The summed E-state index contributed by atoms with van der Waals surface area (Å²) in [5.74, 6) is 0.760. The van der Waals surface area contributed by atoms with E-state index in [0.29, 0.717) is 6.54 Å². The molecule has 1 saturated heterocycles. The minimum absolute atomic E-state index is 0.0207. The zero-order valence-electron chi connectivity index (χ0n) is 13.6. The lowest BCUT2D eigenvalue weighted by molar-refractivity contribution is 0.0954. The Morgan fingerprint density at radius 1 is 1.26 bits per heavy atom. The third kappa shape index (κ3) is 4.66. The van der Waals surface area contributed by atoms with Crippen molar-refractivity contribution in [2.45, 2.75) is 26.2 Å². The molecule has 0 bridgehead atoms. The van der Waals surface area contributed by atoms with Gasteiger partial charge in [0.05, 0.1) is 0 Å². The quantitative estimate of drug-likeness (QED) is 0.855. The van der Waals surface area contributed by atoms with E-state index in [2.05, 4.69) is 41.8 Å². The number of nitrogens with one attached hydrogen (secondary N) is 2. The van der Waals surface area contributed by atoms with Crippen molar-refractivity contribution in [2.24, 2.45) is 5.92 Å². The zero-order chi connectivity index (χ0) is 16.1. The van der Waals surface area contributed by atoms with Gasteiger partial charge < -0.3 is 10.6 Å². The fourth-order valence-electron chi connectivity index (χ4n) is 3.03. The van der Waals surface area contributed by atoms with E-state index in [1.807, 2.05) is 12.1 Å². The second-order valence-electron chi connectivity index (χ2n) is 6.28. The molecule has 1 unspecified atom stereocenters. The molecule has 1 amide bonds. The van der Waals surface area contributed by atoms with E-state index in [9.17, 15) is 4.79 Å². The number of amides is 1. The second-order valence-corrected chi connectivity index (χ2v) is 7.65. The number of aryl methyl sites for hydroxylation is 1. The highest BCUT2D eigenvalue weighted by Gasteiger charge is 2.15. The van der Waals surface area contributed by atoms with Gasteiger partial charge in [-0.3, -0.25) is 4.79 Å². The van der Waals surface area contributed by atoms with Gasteiger partial charge in [-0.25, -0.2) is 0 Å². The molecule has 1 fully saturated rings. The lowest BCUT2D eigenvalue weighted by Crippen LogP contribution is -2.25. The molecule has 0 radical (unpaired) electrons. The van der Waals surface area contributed by atoms with E-state index in [1.165, 1.54) is 21.7 Å². The van der Waals surface area contributed by atoms with Crippen molar-refractivity contribution in [2.75, 3.05) is 19.6 Å². The summed E-state index contributed by atoms with van der Waals surface area (Å²) in [7, 11) is 0. The lowest BCUT2D eigenvalue weighted by Gasteiger charge is -2.09. The molecule has 2 N–H and O–H groups in total. The van der Waals surface area contributed by atoms with Gasteiger partial charge in [0, 0.05) is 21.9 Å². The molecule has 23 heavy (non-hydrogen) atoms. The molecular formula is C19H24N2OS.